The number of aromatic nitrogens is 2. The third-order valence-electron chi connectivity index (χ3n) is 9.03. The molecule has 0 bridgehead atoms. The third kappa shape index (κ3) is 3.41. The van der Waals surface area contributed by atoms with Crippen molar-refractivity contribution in [2.45, 2.75) is 76.9 Å². The Labute approximate surface area is 228 Å². The topological polar surface area (TPSA) is 114 Å². The van der Waals surface area contributed by atoms with Crippen molar-refractivity contribution < 1.29 is 28.9 Å². The average molecular weight is 550 g/mol. The van der Waals surface area contributed by atoms with Crippen molar-refractivity contribution in [1.82, 2.24) is 14.9 Å². The Morgan fingerprint density at radius 2 is 2.08 bits per heavy atom. The Morgan fingerprint density at radius 1 is 1.31 bits per heavy atom. The molecular weight excluding hydrogens is 521 g/mol. The third-order valence-corrected chi connectivity index (χ3v) is 9.50. The van der Waals surface area contributed by atoms with Crippen LogP contribution in [0.5, 0.6) is 0 Å². The second-order valence-electron chi connectivity index (χ2n) is 11.2. The molecule has 8 nitrogen and oxygen atoms in total. The van der Waals surface area contributed by atoms with E-state index in [1.54, 1.807) is 19.9 Å². The highest BCUT2D eigenvalue weighted by Crippen LogP contribution is 2.47. The molecule has 1 aromatic carbocycles. The van der Waals surface area contributed by atoms with Gasteiger partial charge in [-0.25, -0.2) is 14.2 Å². The minimum atomic E-state index is -1.82. The van der Waals surface area contributed by atoms with Crippen molar-refractivity contribution in [2.75, 3.05) is 0 Å². The molecule has 1 unspecified atom stereocenters. The number of carbonyl (C=O) groups is 2. The van der Waals surface area contributed by atoms with Crippen LogP contribution in [-0.2, 0) is 39.5 Å². The van der Waals surface area contributed by atoms with Crippen LogP contribution in [0.25, 0.3) is 22.3 Å². The van der Waals surface area contributed by atoms with E-state index in [1.807, 2.05) is 4.57 Å². The van der Waals surface area contributed by atoms with E-state index in [0.29, 0.717) is 57.6 Å². The molecule has 4 heterocycles. The van der Waals surface area contributed by atoms with Crippen LogP contribution in [0.2, 0.25) is 0 Å². The molecule has 10 heteroatoms. The van der Waals surface area contributed by atoms with Crippen molar-refractivity contribution in [3.63, 3.8) is 0 Å². The van der Waals surface area contributed by atoms with Crippen molar-refractivity contribution >= 4 is 35.0 Å². The summed E-state index contributed by atoms with van der Waals surface area (Å²) < 4.78 is 22.7. The molecule has 202 valence electrons. The van der Waals surface area contributed by atoms with Gasteiger partial charge in [0, 0.05) is 28.1 Å². The van der Waals surface area contributed by atoms with Crippen LogP contribution in [0.1, 0.15) is 72.0 Å². The van der Waals surface area contributed by atoms with E-state index in [9.17, 15) is 19.8 Å². The van der Waals surface area contributed by atoms with E-state index >= 15 is 4.39 Å². The summed E-state index contributed by atoms with van der Waals surface area (Å²) in [5, 5.41) is 25.7. The highest BCUT2D eigenvalue weighted by Gasteiger charge is 2.45. The number of aryl methyl sites for hydroxylation is 1. The number of amides is 1. The summed E-state index contributed by atoms with van der Waals surface area (Å²) in [6, 6.07) is 2.79. The second kappa shape index (κ2) is 8.39. The molecule has 0 saturated heterocycles. The number of carbonyl (C=O) groups excluding carboxylic acids is 2. The van der Waals surface area contributed by atoms with Crippen LogP contribution in [0.15, 0.2) is 12.1 Å². The van der Waals surface area contributed by atoms with Gasteiger partial charge in [-0.1, -0.05) is 19.1 Å². The predicted octanol–water partition coefficient (Wildman–Crippen LogP) is 3.77. The van der Waals surface area contributed by atoms with Crippen LogP contribution in [-0.4, -0.2) is 37.7 Å². The maximum atomic E-state index is 15.0. The fraction of sp³-hybridized carbons (Fsp3) is 0.448. The number of pyridine rings is 2. The number of benzene rings is 1. The Kier molecular flexibility index (Phi) is 5.34. The SMILES string of the molecule is CC[C@@]1(O)C(=O)OCc2c1cc1n(c2=S)Cc2c-1nc1cc(F)c(C)c3c1c2[C@H](NC(=O)C(O)C1CC1)CC3. The summed E-state index contributed by atoms with van der Waals surface area (Å²) in [6.07, 6.45) is 1.87. The maximum absolute atomic E-state index is 15.0. The number of nitrogens with zero attached hydrogens (tertiary/aromatic N) is 2. The molecule has 3 atom stereocenters. The number of aliphatic hydroxyl groups excluding tert-OH is 1. The summed E-state index contributed by atoms with van der Waals surface area (Å²) in [6.45, 7) is 3.82. The molecule has 39 heavy (non-hydrogen) atoms. The number of hydrogen-bond acceptors (Lipinski definition) is 7. The summed E-state index contributed by atoms with van der Waals surface area (Å²) in [4.78, 5) is 30.5. The molecule has 2 aliphatic carbocycles. The lowest BCUT2D eigenvalue weighted by Gasteiger charge is -2.32. The van der Waals surface area contributed by atoms with Gasteiger partial charge in [-0.05, 0) is 67.7 Å². The Morgan fingerprint density at radius 3 is 2.79 bits per heavy atom. The summed E-state index contributed by atoms with van der Waals surface area (Å²) >= 11 is 5.85. The van der Waals surface area contributed by atoms with Gasteiger partial charge in [-0.15, -0.1) is 0 Å². The van der Waals surface area contributed by atoms with E-state index in [2.05, 4.69) is 5.32 Å². The van der Waals surface area contributed by atoms with Gasteiger partial charge >= 0.3 is 5.97 Å². The van der Waals surface area contributed by atoms with Crippen LogP contribution in [0, 0.1) is 23.3 Å². The van der Waals surface area contributed by atoms with Crippen LogP contribution in [0.4, 0.5) is 4.39 Å². The number of aliphatic hydroxyl groups is 2. The maximum Gasteiger partial charge on any atom is 0.343 e. The van der Waals surface area contributed by atoms with Gasteiger partial charge in [0.25, 0.3) is 0 Å². The fourth-order valence-corrected chi connectivity index (χ4v) is 6.91. The Balaban J connectivity index is 1.46. The molecule has 7 rings (SSSR count). The Bertz CT molecular complexity index is 1700. The number of fused-ring (bicyclic) bond motifs is 5. The molecule has 4 aliphatic rings. The normalized spacial score (nSPS) is 23.6. The first kappa shape index (κ1) is 24.8. The zero-order valence-electron chi connectivity index (χ0n) is 21.6. The van der Waals surface area contributed by atoms with Gasteiger partial charge < -0.3 is 24.8 Å². The fourth-order valence-electron chi connectivity index (χ4n) is 6.58. The molecule has 0 radical (unpaired) electrons. The molecule has 3 N–H and O–H groups in total. The molecule has 2 aliphatic heterocycles. The minimum Gasteiger partial charge on any atom is -0.458 e. The first-order chi connectivity index (χ1) is 18.6. The molecular formula is C29H28FN3O5S. The number of esters is 1. The number of halogens is 1. The van der Waals surface area contributed by atoms with Gasteiger partial charge in [0.2, 0.25) is 5.91 Å². The van der Waals surface area contributed by atoms with Crippen molar-refractivity contribution in [3.05, 3.63) is 56.0 Å². The lowest BCUT2D eigenvalue weighted by atomic mass is 9.81. The number of rotatable bonds is 4. The van der Waals surface area contributed by atoms with Crippen molar-refractivity contribution in [1.29, 1.82) is 0 Å². The first-order valence-corrected chi connectivity index (χ1v) is 13.8. The summed E-state index contributed by atoms with van der Waals surface area (Å²) in [5.74, 6) is -1.45. The molecule has 0 spiro atoms. The van der Waals surface area contributed by atoms with Gasteiger partial charge in [0.15, 0.2) is 5.60 Å². The van der Waals surface area contributed by atoms with Crippen molar-refractivity contribution in [2.24, 2.45) is 5.92 Å². The minimum absolute atomic E-state index is 0.00321. The van der Waals surface area contributed by atoms with Gasteiger partial charge in [-0.3, -0.25) is 4.79 Å². The van der Waals surface area contributed by atoms with Crippen LogP contribution >= 0.6 is 12.2 Å². The van der Waals surface area contributed by atoms with Gasteiger partial charge in [0.1, 0.15) is 23.2 Å². The smallest absolute Gasteiger partial charge is 0.343 e. The number of nitrogens with one attached hydrogen (secondary N) is 1. The lowest BCUT2D eigenvalue weighted by Crippen LogP contribution is -2.41. The largest absolute Gasteiger partial charge is 0.458 e. The zero-order chi connectivity index (χ0) is 27.4. The predicted molar refractivity (Wildman–Crippen MR) is 142 cm³/mol. The first-order valence-electron chi connectivity index (χ1n) is 13.4. The van der Waals surface area contributed by atoms with Crippen LogP contribution in [0.3, 0.4) is 0 Å². The standard InChI is InChI=1S/C29H28FN3O5S/c1-3-29(37)17-8-21-24-15(10-33(21)27(39)16(17)11-38-28(29)36)23-19(32-26(35)25(34)13-4-5-13)7-6-14-12(2)18(30)9-20(31-24)22(14)23/h8-9,13,19,25,34,37H,3-7,10-11H2,1-2H3,(H,32,35)/t19-,25?,29+/m1/s1. The zero-order valence-corrected chi connectivity index (χ0v) is 22.5. The molecule has 2 aromatic heterocycles. The molecule has 1 saturated carbocycles. The molecule has 1 fully saturated rings. The lowest BCUT2D eigenvalue weighted by molar-refractivity contribution is -0.172. The average Bonchev–Trinajstić information content (AvgIpc) is 3.71. The van der Waals surface area contributed by atoms with E-state index in [4.69, 9.17) is 21.9 Å². The van der Waals surface area contributed by atoms with Gasteiger partial charge in [0.05, 0.1) is 29.5 Å². The van der Waals surface area contributed by atoms with E-state index < -0.39 is 29.6 Å². The second-order valence-corrected chi connectivity index (χ2v) is 11.6. The van der Waals surface area contributed by atoms with Crippen molar-refractivity contribution in [3.8, 4) is 11.4 Å². The van der Waals surface area contributed by atoms with Crippen LogP contribution < -0.4 is 5.32 Å². The van der Waals surface area contributed by atoms with E-state index in [0.717, 1.165) is 34.9 Å². The molecule has 3 aromatic rings. The highest BCUT2D eigenvalue weighted by molar-refractivity contribution is 7.71. The summed E-state index contributed by atoms with van der Waals surface area (Å²) in [7, 11) is 0. The monoisotopic (exact) mass is 549 g/mol. The number of ether oxygens (including phenoxy) is 1. The highest BCUT2D eigenvalue weighted by atomic mass is 32.1. The van der Waals surface area contributed by atoms with E-state index in [1.165, 1.54) is 6.07 Å². The quantitative estimate of drug-likeness (QED) is 0.262. The number of hydrogen-bond donors (Lipinski definition) is 3. The number of cyclic esters (lactones) is 1. The summed E-state index contributed by atoms with van der Waals surface area (Å²) in [5.41, 5.74) is 4.04. The Hall–Kier alpha value is -3.21. The van der Waals surface area contributed by atoms with Gasteiger partial charge in [-0.2, -0.15) is 0 Å². The van der Waals surface area contributed by atoms with E-state index in [-0.39, 0.29) is 24.8 Å². The molecule has 1 amide bonds.